The molecule has 124 valence electrons. The van der Waals surface area contributed by atoms with Gasteiger partial charge in [-0.1, -0.05) is 31.0 Å². The second-order valence-electron chi connectivity index (χ2n) is 4.96. The zero-order chi connectivity index (χ0) is 16.3. The second-order valence-corrected chi connectivity index (χ2v) is 8.05. The average Bonchev–Trinajstić information content (AvgIpc) is 2.58. The smallest absolute Gasteiger partial charge is 0.462 e. The van der Waals surface area contributed by atoms with Gasteiger partial charge in [0, 0.05) is 27.4 Å². The maximum atomic E-state index is 11.7. The van der Waals surface area contributed by atoms with Crippen molar-refractivity contribution in [2.75, 3.05) is 27.9 Å². The quantitative estimate of drug-likeness (QED) is 0.355. The van der Waals surface area contributed by atoms with Crippen LogP contribution in [0.1, 0.15) is 36.0 Å². The molecule has 0 heterocycles. The van der Waals surface area contributed by atoms with Crippen molar-refractivity contribution in [3.8, 4) is 0 Å². The molecule has 1 aromatic carbocycles. The van der Waals surface area contributed by atoms with Crippen LogP contribution in [0.5, 0.6) is 0 Å². The van der Waals surface area contributed by atoms with E-state index in [-0.39, 0.29) is 5.97 Å². The lowest BCUT2D eigenvalue weighted by Gasteiger charge is -2.24. The monoisotopic (exact) mass is 326 g/mol. The van der Waals surface area contributed by atoms with Crippen LogP contribution < -0.4 is 0 Å². The number of carbonyl (C=O) groups is 1. The molecule has 1 rings (SSSR count). The van der Waals surface area contributed by atoms with Crippen LogP contribution in [0.25, 0.3) is 0 Å². The third-order valence-corrected chi connectivity index (χ3v) is 6.38. The highest BCUT2D eigenvalue weighted by atomic mass is 28.4. The number of ether oxygens (including phenoxy) is 1. The van der Waals surface area contributed by atoms with Crippen molar-refractivity contribution in [3.63, 3.8) is 0 Å². The largest absolute Gasteiger partial charge is 0.500 e. The van der Waals surface area contributed by atoms with Crippen LogP contribution in [0.2, 0.25) is 6.04 Å². The number of carbonyl (C=O) groups excluding carboxylic acids is 1. The van der Waals surface area contributed by atoms with Crippen LogP contribution in [-0.4, -0.2) is 42.7 Å². The van der Waals surface area contributed by atoms with Gasteiger partial charge in [-0.05, 0) is 25.0 Å². The zero-order valence-corrected chi connectivity index (χ0v) is 14.7. The maximum Gasteiger partial charge on any atom is 0.500 e. The summed E-state index contributed by atoms with van der Waals surface area (Å²) in [5.41, 5.74) is 0.596. The van der Waals surface area contributed by atoms with Gasteiger partial charge in [0.25, 0.3) is 0 Å². The fourth-order valence-electron chi connectivity index (χ4n) is 2.18. The molecule has 0 saturated heterocycles. The highest BCUT2D eigenvalue weighted by Crippen LogP contribution is 2.17. The van der Waals surface area contributed by atoms with E-state index in [0.717, 1.165) is 31.7 Å². The van der Waals surface area contributed by atoms with E-state index < -0.39 is 8.80 Å². The zero-order valence-electron chi connectivity index (χ0n) is 13.7. The van der Waals surface area contributed by atoms with Crippen LogP contribution in [0.3, 0.4) is 0 Å². The molecule has 1 aromatic rings. The molecular formula is C16H26O5Si. The number of hydrogen-bond acceptors (Lipinski definition) is 5. The molecule has 0 amide bonds. The van der Waals surface area contributed by atoms with Gasteiger partial charge in [0.15, 0.2) is 0 Å². The minimum absolute atomic E-state index is 0.259. The first-order valence-corrected chi connectivity index (χ1v) is 9.48. The minimum atomic E-state index is -2.43. The molecule has 22 heavy (non-hydrogen) atoms. The Morgan fingerprint density at radius 1 is 0.909 bits per heavy atom. The van der Waals surface area contributed by atoms with E-state index in [9.17, 15) is 4.79 Å². The van der Waals surface area contributed by atoms with Crippen LogP contribution >= 0.6 is 0 Å². The molecule has 0 bridgehead atoms. The lowest BCUT2D eigenvalue weighted by Crippen LogP contribution is -2.42. The van der Waals surface area contributed by atoms with Crippen molar-refractivity contribution in [1.82, 2.24) is 0 Å². The normalized spacial score (nSPS) is 11.4. The number of benzene rings is 1. The van der Waals surface area contributed by atoms with Gasteiger partial charge in [0.1, 0.15) is 0 Å². The van der Waals surface area contributed by atoms with Gasteiger partial charge in [0.2, 0.25) is 0 Å². The van der Waals surface area contributed by atoms with E-state index in [4.69, 9.17) is 18.0 Å². The molecule has 0 unspecified atom stereocenters. The van der Waals surface area contributed by atoms with Crippen LogP contribution in [0, 0.1) is 0 Å². The van der Waals surface area contributed by atoms with E-state index in [1.165, 1.54) is 0 Å². The summed E-state index contributed by atoms with van der Waals surface area (Å²) in [4.78, 5) is 11.7. The molecule has 0 atom stereocenters. The third kappa shape index (κ3) is 6.27. The molecule has 0 aliphatic heterocycles. The van der Waals surface area contributed by atoms with Crippen LogP contribution in [0.4, 0.5) is 0 Å². The van der Waals surface area contributed by atoms with Gasteiger partial charge >= 0.3 is 14.8 Å². The SMILES string of the molecule is CO[Si](CCCCCCOC(=O)c1ccccc1)(OC)OC. The summed E-state index contributed by atoms with van der Waals surface area (Å²) >= 11 is 0. The molecule has 0 radical (unpaired) electrons. The van der Waals surface area contributed by atoms with E-state index in [1.54, 1.807) is 33.5 Å². The molecule has 0 saturated carbocycles. The standard InChI is InChI=1S/C16H26O5Si/c1-18-22(19-2,20-3)14-10-5-4-9-13-21-16(17)15-11-7-6-8-12-15/h6-8,11-12H,4-5,9-10,13-14H2,1-3H3. The van der Waals surface area contributed by atoms with Crippen LogP contribution in [0.15, 0.2) is 30.3 Å². The first-order chi connectivity index (χ1) is 10.7. The maximum absolute atomic E-state index is 11.7. The van der Waals surface area contributed by atoms with Crippen molar-refractivity contribution in [2.45, 2.75) is 31.7 Å². The van der Waals surface area contributed by atoms with Crippen LogP contribution in [-0.2, 0) is 18.0 Å². The van der Waals surface area contributed by atoms with E-state index >= 15 is 0 Å². The summed E-state index contributed by atoms with van der Waals surface area (Å²) in [6.07, 6.45) is 3.88. The second kappa shape index (κ2) is 10.5. The van der Waals surface area contributed by atoms with Gasteiger partial charge < -0.3 is 18.0 Å². The summed E-state index contributed by atoms with van der Waals surface area (Å²) in [7, 11) is 2.45. The van der Waals surface area contributed by atoms with Crippen molar-refractivity contribution in [3.05, 3.63) is 35.9 Å². The molecule has 0 spiro atoms. The lowest BCUT2D eigenvalue weighted by molar-refractivity contribution is 0.0498. The topological polar surface area (TPSA) is 54.0 Å². The van der Waals surface area contributed by atoms with Gasteiger partial charge in [-0.3, -0.25) is 0 Å². The number of esters is 1. The molecular weight excluding hydrogens is 300 g/mol. The molecule has 0 aliphatic rings. The third-order valence-electron chi connectivity index (χ3n) is 3.55. The molecule has 0 aliphatic carbocycles. The molecule has 6 heteroatoms. The molecule has 5 nitrogen and oxygen atoms in total. The van der Waals surface area contributed by atoms with Crippen molar-refractivity contribution in [2.24, 2.45) is 0 Å². The highest BCUT2D eigenvalue weighted by Gasteiger charge is 2.36. The first kappa shape index (κ1) is 18.8. The summed E-state index contributed by atoms with van der Waals surface area (Å²) < 4.78 is 21.3. The van der Waals surface area contributed by atoms with E-state index in [1.807, 2.05) is 18.2 Å². The van der Waals surface area contributed by atoms with E-state index in [2.05, 4.69) is 0 Å². The fourth-order valence-corrected chi connectivity index (χ4v) is 3.97. The first-order valence-electron chi connectivity index (χ1n) is 7.55. The van der Waals surface area contributed by atoms with Gasteiger partial charge in [-0.15, -0.1) is 0 Å². The van der Waals surface area contributed by atoms with Gasteiger partial charge in [-0.2, -0.15) is 0 Å². The Hall–Kier alpha value is -1.21. The van der Waals surface area contributed by atoms with Gasteiger partial charge in [-0.25, -0.2) is 4.79 Å². The summed E-state index contributed by atoms with van der Waals surface area (Å²) in [6, 6.07) is 9.85. The lowest BCUT2D eigenvalue weighted by atomic mass is 10.2. The fraction of sp³-hybridized carbons (Fsp3) is 0.562. The summed E-state index contributed by atoms with van der Waals surface area (Å²) in [5.74, 6) is -0.259. The minimum Gasteiger partial charge on any atom is -0.462 e. The molecule has 0 fully saturated rings. The molecule has 0 N–H and O–H groups in total. The Morgan fingerprint density at radius 3 is 2.09 bits per heavy atom. The Bertz CT molecular complexity index is 412. The number of rotatable bonds is 11. The van der Waals surface area contributed by atoms with Gasteiger partial charge in [0.05, 0.1) is 12.2 Å². The van der Waals surface area contributed by atoms with Crippen molar-refractivity contribution in [1.29, 1.82) is 0 Å². The predicted molar refractivity (Wildman–Crippen MR) is 86.8 cm³/mol. The summed E-state index contributed by atoms with van der Waals surface area (Å²) in [6.45, 7) is 0.454. The Balaban J connectivity index is 2.10. The number of unbranched alkanes of at least 4 members (excludes halogenated alkanes) is 3. The Kier molecular flexibility index (Phi) is 8.99. The average molecular weight is 326 g/mol. The predicted octanol–water partition coefficient (Wildman–Crippen LogP) is 3.28. The van der Waals surface area contributed by atoms with E-state index in [0.29, 0.717) is 12.2 Å². The highest BCUT2D eigenvalue weighted by molar-refractivity contribution is 6.60. The Morgan fingerprint density at radius 2 is 1.50 bits per heavy atom. The van der Waals surface area contributed by atoms with Crippen molar-refractivity contribution < 1.29 is 22.8 Å². The number of hydrogen-bond donors (Lipinski definition) is 0. The summed E-state index contributed by atoms with van der Waals surface area (Å²) in [5, 5.41) is 0. The Labute approximate surface area is 133 Å². The van der Waals surface area contributed by atoms with Crippen molar-refractivity contribution >= 4 is 14.8 Å². The molecule has 0 aromatic heterocycles.